The molecule has 1 aliphatic heterocycles. The lowest BCUT2D eigenvalue weighted by molar-refractivity contribution is 0.0455. The molecule has 0 aromatic carbocycles. The van der Waals surface area contributed by atoms with E-state index in [1.807, 2.05) is 24.3 Å². The van der Waals surface area contributed by atoms with Gasteiger partial charge in [0.25, 0.3) is 0 Å². The van der Waals surface area contributed by atoms with Gasteiger partial charge in [0, 0.05) is 56.4 Å². The van der Waals surface area contributed by atoms with Crippen molar-refractivity contribution in [2.24, 2.45) is 5.41 Å². The minimum Gasteiger partial charge on any atom is -0.381 e. The zero-order valence-electron chi connectivity index (χ0n) is 21.2. The molecule has 3 heterocycles. The van der Waals surface area contributed by atoms with Crippen molar-refractivity contribution in [3.05, 3.63) is 35.5 Å². The van der Waals surface area contributed by atoms with E-state index in [9.17, 15) is 13.7 Å². The Labute approximate surface area is 224 Å². The molecule has 0 atom stereocenters. The first-order valence-corrected chi connectivity index (χ1v) is 15.2. The lowest BCUT2D eigenvalue weighted by atomic mass is 9.82. The highest BCUT2D eigenvalue weighted by molar-refractivity contribution is 7.90. The Kier molecular flexibility index (Phi) is 9.24. The summed E-state index contributed by atoms with van der Waals surface area (Å²) in [5.41, 5.74) is 1.08. The van der Waals surface area contributed by atoms with Crippen LogP contribution in [-0.4, -0.2) is 68.8 Å². The Morgan fingerprint density at radius 1 is 1.16 bits per heavy atom. The molecule has 0 unspecified atom stereocenters. The number of sulfone groups is 1. The van der Waals surface area contributed by atoms with Crippen molar-refractivity contribution in [3.63, 3.8) is 0 Å². The van der Waals surface area contributed by atoms with E-state index >= 15 is 0 Å². The molecule has 1 aliphatic carbocycles. The third-order valence-corrected chi connectivity index (χ3v) is 8.41. The first kappa shape index (κ1) is 27.6. The molecule has 4 rings (SSSR count). The second kappa shape index (κ2) is 12.4. The lowest BCUT2D eigenvalue weighted by Gasteiger charge is -2.30. The third kappa shape index (κ3) is 8.01. The van der Waals surface area contributed by atoms with Crippen LogP contribution >= 0.6 is 11.6 Å². The van der Waals surface area contributed by atoms with Gasteiger partial charge in [-0.05, 0) is 56.7 Å². The van der Waals surface area contributed by atoms with E-state index in [1.54, 1.807) is 6.20 Å². The molecule has 3 N–H and O–H groups in total. The van der Waals surface area contributed by atoms with Gasteiger partial charge in [-0.2, -0.15) is 5.26 Å². The van der Waals surface area contributed by atoms with E-state index < -0.39 is 15.3 Å². The summed E-state index contributed by atoms with van der Waals surface area (Å²) >= 11 is 6.51. The van der Waals surface area contributed by atoms with Crippen molar-refractivity contribution < 1.29 is 13.2 Å². The summed E-state index contributed by atoms with van der Waals surface area (Å²) in [4.78, 5) is 9.23. The molecule has 2 aromatic rings. The van der Waals surface area contributed by atoms with Crippen LogP contribution in [0.1, 0.15) is 38.5 Å². The topological polar surface area (TPSA) is 129 Å². The number of rotatable bonds is 10. The second-order valence-corrected chi connectivity index (χ2v) is 12.8. The van der Waals surface area contributed by atoms with Crippen molar-refractivity contribution in [1.82, 2.24) is 15.3 Å². The van der Waals surface area contributed by atoms with Crippen molar-refractivity contribution in [3.8, 4) is 17.3 Å². The standard InChI is InChI=1S/C26H35ClN6O3S/c1-37(34,35)14-11-29-19-5-7-20(8-6-19)32-25-15-21(22(27)16-30-25)23-3-2-4-24(33-23)31-18-26(17-28)9-12-36-13-10-26/h2-4,15-16,19-20,29H,5-14,18H2,1H3,(H,30,32)(H,31,33). The van der Waals surface area contributed by atoms with Gasteiger partial charge in [-0.3, -0.25) is 0 Å². The average molecular weight is 547 g/mol. The number of hydrogen-bond acceptors (Lipinski definition) is 9. The monoisotopic (exact) mass is 546 g/mol. The van der Waals surface area contributed by atoms with Gasteiger partial charge in [-0.25, -0.2) is 18.4 Å². The van der Waals surface area contributed by atoms with Crippen molar-refractivity contribution in [2.45, 2.75) is 50.6 Å². The van der Waals surface area contributed by atoms with Crippen LogP contribution in [0.15, 0.2) is 30.5 Å². The predicted octanol–water partition coefficient (Wildman–Crippen LogP) is 3.89. The summed E-state index contributed by atoms with van der Waals surface area (Å²) < 4.78 is 28.1. The summed E-state index contributed by atoms with van der Waals surface area (Å²) in [6.45, 7) is 2.22. The number of nitrogens with zero attached hydrogens (tertiary/aromatic N) is 3. The van der Waals surface area contributed by atoms with Crippen LogP contribution in [-0.2, 0) is 14.6 Å². The molecule has 37 heavy (non-hydrogen) atoms. The quantitative estimate of drug-likeness (QED) is 0.406. The fourth-order valence-corrected chi connectivity index (χ4v) is 5.54. The predicted molar refractivity (Wildman–Crippen MR) is 146 cm³/mol. The van der Waals surface area contributed by atoms with Crippen LogP contribution in [0.25, 0.3) is 11.3 Å². The van der Waals surface area contributed by atoms with Crippen LogP contribution < -0.4 is 16.0 Å². The SMILES string of the molecule is CS(=O)(=O)CCNC1CCC(Nc2cc(-c3cccc(NCC4(C#N)CCOCC4)n3)c(Cl)cn2)CC1. The maximum Gasteiger partial charge on any atom is 0.148 e. The number of hydrogen-bond donors (Lipinski definition) is 3. The van der Waals surface area contributed by atoms with Crippen molar-refractivity contribution in [1.29, 1.82) is 5.26 Å². The van der Waals surface area contributed by atoms with Crippen LogP contribution in [0.3, 0.4) is 0 Å². The van der Waals surface area contributed by atoms with Crippen LogP contribution in [0.4, 0.5) is 11.6 Å². The number of anilines is 2. The first-order valence-electron chi connectivity index (χ1n) is 12.8. The number of nitrogens with one attached hydrogen (secondary N) is 3. The zero-order chi connectivity index (χ0) is 26.3. The Balaban J connectivity index is 1.35. The van der Waals surface area contributed by atoms with E-state index in [-0.39, 0.29) is 11.8 Å². The van der Waals surface area contributed by atoms with Crippen LogP contribution in [0.5, 0.6) is 0 Å². The number of nitriles is 1. The molecule has 11 heteroatoms. The fraction of sp³-hybridized carbons (Fsp3) is 0.577. The molecule has 200 valence electrons. The highest BCUT2D eigenvalue weighted by Crippen LogP contribution is 2.32. The number of halogens is 1. The lowest BCUT2D eigenvalue weighted by Crippen LogP contribution is -2.38. The van der Waals surface area contributed by atoms with E-state index in [2.05, 4.69) is 27.0 Å². The van der Waals surface area contributed by atoms with Crippen molar-refractivity contribution in [2.75, 3.05) is 48.9 Å². The molecule has 2 aliphatic rings. The van der Waals surface area contributed by atoms with Gasteiger partial charge in [0.05, 0.1) is 28.0 Å². The number of pyridine rings is 2. The Bertz CT molecular complexity index is 1210. The van der Waals surface area contributed by atoms with Gasteiger partial charge in [-0.15, -0.1) is 0 Å². The maximum absolute atomic E-state index is 11.3. The molecule has 0 amide bonds. The Morgan fingerprint density at radius 3 is 2.59 bits per heavy atom. The molecular formula is C26H35ClN6O3S. The number of ether oxygens (including phenoxy) is 1. The van der Waals surface area contributed by atoms with Gasteiger partial charge < -0.3 is 20.7 Å². The Morgan fingerprint density at radius 2 is 1.89 bits per heavy atom. The molecule has 0 spiro atoms. The normalized spacial score (nSPS) is 21.6. The van der Waals surface area contributed by atoms with E-state index in [0.717, 1.165) is 42.8 Å². The molecule has 2 aromatic heterocycles. The fourth-order valence-electron chi connectivity index (χ4n) is 4.85. The molecule has 9 nitrogen and oxygen atoms in total. The molecule has 0 radical (unpaired) electrons. The van der Waals surface area contributed by atoms with Gasteiger partial charge >= 0.3 is 0 Å². The first-order chi connectivity index (χ1) is 17.8. The molecule has 1 saturated heterocycles. The van der Waals surface area contributed by atoms with E-state index in [1.165, 1.54) is 6.26 Å². The number of aromatic nitrogens is 2. The Hall–Kier alpha value is -2.45. The van der Waals surface area contributed by atoms with E-state index in [0.29, 0.717) is 56.0 Å². The zero-order valence-corrected chi connectivity index (χ0v) is 22.7. The highest BCUT2D eigenvalue weighted by Gasteiger charge is 2.32. The van der Waals surface area contributed by atoms with Gasteiger partial charge in [0.15, 0.2) is 0 Å². The van der Waals surface area contributed by atoms with E-state index in [4.69, 9.17) is 21.3 Å². The minimum absolute atomic E-state index is 0.168. The smallest absolute Gasteiger partial charge is 0.148 e. The van der Waals surface area contributed by atoms with Crippen LogP contribution in [0, 0.1) is 16.7 Å². The summed E-state index contributed by atoms with van der Waals surface area (Å²) in [5, 5.41) is 20.5. The maximum atomic E-state index is 11.3. The summed E-state index contributed by atoms with van der Waals surface area (Å²) in [6.07, 6.45) is 8.23. The second-order valence-electron chi connectivity index (χ2n) is 10.1. The van der Waals surface area contributed by atoms with Crippen LogP contribution in [0.2, 0.25) is 5.02 Å². The highest BCUT2D eigenvalue weighted by atomic mass is 35.5. The third-order valence-electron chi connectivity index (χ3n) is 7.16. The summed E-state index contributed by atoms with van der Waals surface area (Å²) in [6, 6.07) is 10.8. The average Bonchev–Trinajstić information content (AvgIpc) is 2.90. The van der Waals surface area contributed by atoms with Crippen molar-refractivity contribution >= 4 is 33.1 Å². The molecular weight excluding hydrogens is 512 g/mol. The molecule has 0 bridgehead atoms. The minimum atomic E-state index is -2.94. The molecule has 2 fully saturated rings. The van der Waals surface area contributed by atoms with Gasteiger partial charge in [-0.1, -0.05) is 17.7 Å². The molecule has 1 saturated carbocycles. The van der Waals surface area contributed by atoms with Gasteiger partial charge in [0.2, 0.25) is 0 Å². The largest absolute Gasteiger partial charge is 0.381 e. The van der Waals surface area contributed by atoms with Gasteiger partial charge in [0.1, 0.15) is 21.5 Å². The summed E-state index contributed by atoms with van der Waals surface area (Å²) in [5.74, 6) is 1.61. The summed E-state index contributed by atoms with van der Waals surface area (Å²) in [7, 11) is -2.94.